The Morgan fingerprint density at radius 2 is 2.00 bits per heavy atom. The highest BCUT2D eigenvalue weighted by molar-refractivity contribution is 5.73. The molecule has 5 nitrogen and oxygen atoms in total. The summed E-state index contributed by atoms with van der Waals surface area (Å²) in [5.41, 5.74) is 1.11. The molecule has 122 valence electrons. The molecule has 1 aliphatic heterocycles. The van der Waals surface area contributed by atoms with Gasteiger partial charge >= 0.3 is 0 Å². The highest BCUT2D eigenvalue weighted by Gasteiger charge is 2.18. The zero-order valence-electron chi connectivity index (χ0n) is 13.3. The molecule has 0 spiro atoms. The van der Waals surface area contributed by atoms with Crippen LogP contribution in [0.3, 0.4) is 0 Å². The molecular formula is C17H26N2O3. The number of hydrogen-bond acceptors (Lipinski definition) is 4. The van der Waals surface area contributed by atoms with Crippen molar-refractivity contribution in [1.29, 1.82) is 0 Å². The minimum atomic E-state index is -0.493. The van der Waals surface area contributed by atoms with Crippen molar-refractivity contribution in [1.82, 2.24) is 9.80 Å². The van der Waals surface area contributed by atoms with E-state index in [0.29, 0.717) is 19.8 Å². The molecule has 1 N–H and O–H groups in total. The number of rotatable bonds is 6. The molecular weight excluding hydrogens is 280 g/mol. The Morgan fingerprint density at radius 3 is 2.73 bits per heavy atom. The fraction of sp³-hybridized carbons (Fsp3) is 0.588. The normalized spacial score (nSPS) is 18.0. The molecule has 1 amide bonds. The van der Waals surface area contributed by atoms with Gasteiger partial charge in [-0.15, -0.1) is 0 Å². The number of carbonyl (C=O) groups is 1. The van der Waals surface area contributed by atoms with Crippen LogP contribution in [0.15, 0.2) is 30.3 Å². The van der Waals surface area contributed by atoms with Crippen molar-refractivity contribution in [2.24, 2.45) is 0 Å². The maximum Gasteiger partial charge on any atom is 0.219 e. The van der Waals surface area contributed by atoms with Crippen molar-refractivity contribution in [2.45, 2.75) is 26.1 Å². The van der Waals surface area contributed by atoms with Crippen LogP contribution < -0.4 is 0 Å². The van der Waals surface area contributed by atoms with Gasteiger partial charge in [0, 0.05) is 33.1 Å². The van der Waals surface area contributed by atoms with E-state index in [1.165, 1.54) is 0 Å². The van der Waals surface area contributed by atoms with Gasteiger partial charge in [0.25, 0.3) is 0 Å². The molecule has 0 aromatic heterocycles. The first kappa shape index (κ1) is 16.9. The molecule has 1 aromatic rings. The van der Waals surface area contributed by atoms with Crippen molar-refractivity contribution in [3.05, 3.63) is 35.9 Å². The molecule has 5 heteroatoms. The summed E-state index contributed by atoms with van der Waals surface area (Å²) in [5, 5.41) is 10.1. The molecule has 1 saturated heterocycles. The molecule has 0 saturated carbocycles. The third-order valence-electron chi connectivity index (χ3n) is 3.92. The number of carbonyl (C=O) groups excluding carboxylic acids is 1. The fourth-order valence-corrected chi connectivity index (χ4v) is 2.71. The first-order valence-corrected chi connectivity index (χ1v) is 7.93. The van der Waals surface area contributed by atoms with Gasteiger partial charge in [0.1, 0.15) is 0 Å². The van der Waals surface area contributed by atoms with E-state index in [1.807, 2.05) is 35.2 Å². The quantitative estimate of drug-likeness (QED) is 0.856. The number of ether oxygens (including phenoxy) is 1. The van der Waals surface area contributed by atoms with Crippen LogP contribution in [-0.2, 0) is 16.1 Å². The zero-order chi connectivity index (χ0) is 15.8. The standard InChI is InChI=1S/C17H26N2O3/c1-15(20)19-9-5-8-18(10-11-19)12-17(21)14-22-13-16-6-3-2-4-7-16/h2-4,6-7,17,21H,5,8-14H2,1H3. The van der Waals surface area contributed by atoms with Crippen molar-refractivity contribution in [2.75, 3.05) is 39.3 Å². The van der Waals surface area contributed by atoms with Gasteiger partial charge in [-0.2, -0.15) is 0 Å². The SMILES string of the molecule is CC(=O)N1CCCN(CC(O)COCc2ccccc2)CC1. The van der Waals surface area contributed by atoms with Gasteiger partial charge in [-0.1, -0.05) is 30.3 Å². The van der Waals surface area contributed by atoms with E-state index < -0.39 is 6.10 Å². The molecule has 1 aromatic carbocycles. The van der Waals surface area contributed by atoms with Crippen molar-refractivity contribution >= 4 is 5.91 Å². The number of hydrogen-bond donors (Lipinski definition) is 1. The third-order valence-corrected chi connectivity index (χ3v) is 3.92. The molecule has 1 fully saturated rings. The summed E-state index contributed by atoms with van der Waals surface area (Å²) in [6.45, 7) is 6.36. The van der Waals surface area contributed by atoms with Crippen molar-refractivity contribution in [3.63, 3.8) is 0 Å². The number of benzene rings is 1. The lowest BCUT2D eigenvalue weighted by atomic mass is 10.2. The molecule has 0 radical (unpaired) electrons. The fourth-order valence-electron chi connectivity index (χ4n) is 2.71. The predicted molar refractivity (Wildman–Crippen MR) is 85.4 cm³/mol. The van der Waals surface area contributed by atoms with Gasteiger partial charge in [0.05, 0.1) is 19.3 Å². The van der Waals surface area contributed by atoms with Gasteiger partial charge in [0.15, 0.2) is 0 Å². The summed E-state index contributed by atoms with van der Waals surface area (Å²) < 4.78 is 5.57. The first-order chi connectivity index (χ1) is 10.6. The lowest BCUT2D eigenvalue weighted by Crippen LogP contribution is -2.38. The second-order valence-electron chi connectivity index (χ2n) is 5.81. The molecule has 0 bridgehead atoms. The smallest absolute Gasteiger partial charge is 0.219 e. The second kappa shape index (κ2) is 8.88. The Bertz CT molecular complexity index is 452. The van der Waals surface area contributed by atoms with Crippen molar-refractivity contribution in [3.8, 4) is 0 Å². The number of nitrogens with zero attached hydrogens (tertiary/aromatic N) is 2. The van der Waals surface area contributed by atoms with Gasteiger partial charge in [-0.3, -0.25) is 9.69 Å². The van der Waals surface area contributed by atoms with Crippen LogP contribution in [0.5, 0.6) is 0 Å². The first-order valence-electron chi connectivity index (χ1n) is 7.93. The Morgan fingerprint density at radius 1 is 1.23 bits per heavy atom. The molecule has 1 unspecified atom stereocenters. The number of β-amino-alcohol motifs (C(OH)–C–C–N with tert-alkyl or cyclic N) is 1. The summed E-state index contributed by atoms with van der Waals surface area (Å²) in [6, 6.07) is 9.96. The Kier molecular flexibility index (Phi) is 6.83. The summed E-state index contributed by atoms with van der Waals surface area (Å²) >= 11 is 0. The van der Waals surface area contributed by atoms with Crippen LogP contribution in [0.25, 0.3) is 0 Å². The minimum Gasteiger partial charge on any atom is -0.389 e. The maximum atomic E-state index is 11.4. The monoisotopic (exact) mass is 306 g/mol. The van der Waals surface area contributed by atoms with E-state index >= 15 is 0 Å². The van der Waals surface area contributed by atoms with Gasteiger partial charge in [-0.05, 0) is 18.5 Å². The summed E-state index contributed by atoms with van der Waals surface area (Å²) in [6.07, 6.45) is 0.463. The predicted octanol–water partition coefficient (Wildman–Crippen LogP) is 1.12. The lowest BCUT2D eigenvalue weighted by Gasteiger charge is -2.23. The Hall–Kier alpha value is -1.43. The molecule has 1 aliphatic rings. The highest BCUT2D eigenvalue weighted by atomic mass is 16.5. The largest absolute Gasteiger partial charge is 0.389 e. The molecule has 0 aliphatic carbocycles. The molecule has 1 atom stereocenters. The van der Waals surface area contributed by atoms with E-state index in [0.717, 1.165) is 38.2 Å². The van der Waals surface area contributed by atoms with Gasteiger partial charge in [-0.25, -0.2) is 0 Å². The van der Waals surface area contributed by atoms with E-state index in [4.69, 9.17) is 4.74 Å². The van der Waals surface area contributed by atoms with Crippen LogP contribution in [0.1, 0.15) is 18.9 Å². The number of amides is 1. The molecule has 1 heterocycles. The average Bonchev–Trinajstić information content (AvgIpc) is 2.74. The molecule has 22 heavy (non-hydrogen) atoms. The summed E-state index contributed by atoms with van der Waals surface area (Å²) in [5.74, 6) is 0.133. The summed E-state index contributed by atoms with van der Waals surface area (Å²) in [7, 11) is 0. The highest BCUT2D eigenvalue weighted by Crippen LogP contribution is 2.06. The van der Waals surface area contributed by atoms with Crippen LogP contribution in [0.2, 0.25) is 0 Å². The summed E-state index contributed by atoms with van der Waals surface area (Å²) in [4.78, 5) is 15.5. The lowest BCUT2D eigenvalue weighted by molar-refractivity contribution is -0.128. The van der Waals surface area contributed by atoms with Crippen LogP contribution >= 0.6 is 0 Å². The second-order valence-corrected chi connectivity index (χ2v) is 5.81. The van der Waals surface area contributed by atoms with Gasteiger partial charge in [0.2, 0.25) is 5.91 Å². The Balaban J connectivity index is 1.66. The van der Waals surface area contributed by atoms with Crippen molar-refractivity contribution < 1.29 is 14.6 Å². The Labute approximate surface area is 132 Å². The average molecular weight is 306 g/mol. The zero-order valence-corrected chi connectivity index (χ0v) is 13.3. The molecule has 2 rings (SSSR count). The topological polar surface area (TPSA) is 53.0 Å². The van der Waals surface area contributed by atoms with E-state index in [9.17, 15) is 9.90 Å². The van der Waals surface area contributed by atoms with Crippen LogP contribution in [-0.4, -0.2) is 66.2 Å². The number of aliphatic hydroxyl groups is 1. The van der Waals surface area contributed by atoms with E-state index in [1.54, 1.807) is 6.92 Å². The third kappa shape index (κ3) is 5.75. The minimum absolute atomic E-state index is 0.133. The number of aliphatic hydroxyl groups excluding tert-OH is 1. The van der Waals surface area contributed by atoms with Crippen LogP contribution in [0.4, 0.5) is 0 Å². The van der Waals surface area contributed by atoms with E-state index in [2.05, 4.69) is 4.90 Å². The van der Waals surface area contributed by atoms with Gasteiger partial charge < -0.3 is 14.7 Å². The maximum absolute atomic E-state index is 11.4. The van der Waals surface area contributed by atoms with E-state index in [-0.39, 0.29) is 5.91 Å². The van der Waals surface area contributed by atoms with Crippen LogP contribution in [0, 0.1) is 0 Å².